The van der Waals surface area contributed by atoms with Gasteiger partial charge in [-0.05, 0) is 44.2 Å². The second-order valence-corrected chi connectivity index (χ2v) is 9.63. The summed E-state index contributed by atoms with van der Waals surface area (Å²) in [6, 6.07) is 8.58. The van der Waals surface area contributed by atoms with Crippen molar-refractivity contribution in [3.05, 3.63) is 35.4 Å². The molecule has 0 spiro atoms. The molecule has 0 aliphatic carbocycles. The lowest BCUT2D eigenvalue weighted by Crippen LogP contribution is -2.47. The summed E-state index contributed by atoms with van der Waals surface area (Å²) in [5.41, 5.74) is 2.47. The molecule has 1 heterocycles. The minimum Gasteiger partial charge on any atom is -0.381 e. The highest BCUT2D eigenvalue weighted by Gasteiger charge is 2.42. The molecular weight excluding hydrogens is 489 g/mol. The average Bonchev–Trinajstić information content (AvgIpc) is 2.66. The van der Waals surface area contributed by atoms with Gasteiger partial charge in [-0.2, -0.15) is 0 Å². The van der Waals surface area contributed by atoms with Crippen LogP contribution in [0.3, 0.4) is 0 Å². The quantitative estimate of drug-likeness (QED) is 0.326. The molecule has 28 heavy (non-hydrogen) atoms. The summed E-state index contributed by atoms with van der Waals surface area (Å²) in [4.78, 5) is 4.63. The maximum Gasteiger partial charge on any atom is 0.191 e. The maximum atomic E-state index is 12.4. The minimum atomic E-state index is -3.23. The topological polar surface area (TPSA) is 79.8 Å². The second-order valence-electron chi connectivity index (χ2n) is 7.22. The van der Waals surface area contributed by atoms with Crippen molar-refractivity contribution < 1.29 is 13.2 Å². The van der Waals surface area contributed by atoms with E-state index in [0.717, 1.165) is 6.42 Å². The van der Waals surface area contributed by atoms with Crippen LogP contribution in [-0.2, 0) is 21.0 Å². The van der Waals surface area contributed by atoms with E-state index < -0.39 is 14.6 Å². The molecule has 1 aliphatic heterocycles. The van der Waals surface area contributed by atoms with Crippen molar-refractivity contribution in [1.29, 1.82) is 0 Å². The van der Waals surface area contributed by atoms with Crippen molar-refractivity contribution in [1.82, 2.24) is 10.6 Å². The molecule has 0 amide bonds. The van der Waals surface area contributed by atoms with Gasteiger partial charge in [-0.3, -0.25) is 4.99 Å². The predicted octanol–water partition coefficient (Wildman–Crippen LogP) is 3.08. The maximum absolute atomic E-state index is 12.4. The molecule has 1 atom stereocenters. The predicted molar refractivity (Wildman–Crippen MR) is 126 cm³/mol. The molecule has 1 saturated heterocycles. The fourth-order valence-corrected chi connectivity index (χ4v) is 4.47. The van der Waals surface area contributed by atoms with Crippen LogP contribution in [0.1, 0.15) is 50.8 Å². The highest BCUT2D eigenvalue weighted by atomic mass is 127. The van der Waals surface area contributed by atoms with E-state index in [-0.39, 0.29) is 36.6 Å². The van der Waals surface area contributed by atoms with Gasteiger partial charge in [0.05, 0.1) is 17.3 Å². The molecule has 2 N–H and O–H groups in total. The van der Waals surface area contributed by atoms with E-state index in [1.165, 1.54) is 17.4 Å². The van der Waals surface area contributed by atoms with Gasteiger partial charge in [-0.25, -0.2) is 8.42 Å². The molecular formula is C20H34IN3O3S. The third-order valence-electron chi connectivity index (χ3n) is 5.30. The minimum absolute atomic E-state index is 0. The number of hydrogen-bond donors (Lipinski definition) is 2. The molecule has 1 fully saturated rings. The number of guanidine groups is 1. The Bertz CT molecular complexity index is 730. The van der Waals surface area contributed by atoms with Crippen molar-refractivity contribution in [3.8, 4) is 0 Å². The smallest absolute Gasteiger partial charge is 0.191 e. The van der Waals surface area contributed by atoms with Crippen LogP contribution in [0.15, 0.2) is 29.3 Å². The number of aryl methyl sites for hydroxylation is 1. The Labute approximate surface area is 186 Å². The first-order chi connectivity index (χ1) is 12.8. The monoisotopic (exact) mass is 523 g/mol. The van der Waals surface area contributed by atoms with Crippen molar-refractivity contribution in [3.63, 3.8) is 0 Å². The highest BCUT2D eigenvalue weighted by Crippen LogP contribution is 2.29. The largest absolute Gasteiger partial charge is 0.381 e. The summed E-state index contributed by atoms with van der Waals surface area (Å²) in [6.07, 6.45) is 3.31. The lowest BCUT2D eigenvalue weighted by atomic mass is 9.99. The lowest BCUT2D eigenvalue weighted by molar-refractivity contribution is 0.0768. The van der Waals surface area contributed by atoms with E-state index in [1.807, 2.05) is 6.92 Å². The van der Waals surface area contributed by atoms with Crippen LogP contribution < -0.4 is 10.6 Å². The fraction of sp³-hybridized carbons (Fsp3) is 0.650. The van der Waals surface area contributed by atoms with Crippen molar-refractivity contribution in [2.45, 2.75) is 50.8 Å². The molecule has 8 heteroatoms. The van der Waals surface area contributed by atoms with E-state index in [9.17, 15) is 8.42 Å². The number of ether oxygens (including phenoxy) is 1. The summed E-state index contributed by atoms with van der Waals surface area (Å²) < 4.78 is 29.4. The van der Waals surface area contributed by atoms with Gasteiger partial charge >= 0.3 is 0 Å². The molecule has 2 rings (SSSR count). The van der Waals surface area contributed by atoms with E-state index in [2.05, 4.69) is 53.7 Å². The van der Waals surface area contributed by atoms with Crippen LogP contribution in [0.2, 0.25) is 0 Å². The van der Waals surface area contributed by atoms with Crippen molar-refractivity contribution in [2.24, 2.45) is 4.99 Å². The fourth-order valence-electron chi connectivity index (χ4n) is 3.26. The molecule has 0 bridgehead atoms. The number of nitrogens with one attached hydrogen (secondary N) is 2. The number of nitrogens with zero attached hydrogens (tertiary/aromatic N) is 1. The molecule has 160 valence electrons. The standard InChI is InChI=1S/C20H33N3O3S.HI/c1-5-17-7-9-18(10-8-17)16(3)23-19(21-6-2)22-15-20(27(4,24)25)11-13-26-14-12-20;/h7-10,16H,5-6,11-15H2,1-4H3,(H2,21,22,23);1H. The van der Waals surface area contributed by atoms with Crippen LogP contribution in [0, 0.1) is 0 Å². The zero-order valence-corrected chi connectivity index (χ0v) is 20.5. The summed E-state index contributed by atoms with van der Waals surface area (Å²) in [7, 11) is -3.23. The first-order valence-corrected chi connectivity index (χ1v) is 11.6. The molecule has 0 radical (unpaired) electrons. The number of benzene rings is 1. The second kappa shape index (κ2) is 11.3. The van der Waals surface area contributed by atoms with E-state index >= 15 is 0 Å². The number of aliphatic imine (C=N–C) groups is 1. The first kappa shape index (κ1) is 25.2. The Kier molecular flexibility index (Phi) is 10.2. The first-order valence-electron chi connectivity index (χ1n) is 9.72. The van der Waals surface area contributed by atoms with Gasteiger partial charge in [0.25, 0.3) is 0 Å². The Morgan fingerprint density at radius 1 is 1.21 bits per heavy atom. The van der Waals surface area contributed by atoms with Gasteiger partial charge in [-0.15, -0.1) is 24.0 Å². The lowest BCUT2D eigenvalue weighted by Gasteiger charge is -2.34. The number of hydrogen-bond acceptors (Lipinski definition) is 4. The SMILES string of the molecule is CCNC(=NCC1(S(C)(=O)=O)CCOCC1)NC(C)c1ccc(CC)cc1.I. The molecule has 0 aromatic heterocycles. The zero-order valence-electron chi connectivity index (χ0n) is 17.3. The van der Waals surface area contributed by atoms with Crippen LogP contribution in [0.25, 0.3) is 0 Å². The van der Waals surface area contributed by atoms with Crippen LogP contribution >= 0.6 is 24.0 Å². The highest BCUT2D eigenvalue weighted by molar-refractivity contribution is 14.0. The third kappa shape index (κ3) is 6.59. The Hall–Kier alpha value is -0.870. The summed E-state index contributed by atoms with van der Waals surface area (Å²) in [6.45, 7) is 8.10. The van der Waals surface area contributed by atoms with Crippen molar-refractivity contribution >= 4 is 39.8 Å². The summed E-state index contributed by atoms with van der Waals surface area (Å²) in [5, 5.41) is 6.62. The van der Waals surface area contributed by atoms with Gasteiger partial charge in [0.1, 0.15) is 0 Å². The molecule has 1 unspecified atom stereocenters. The summed E-state index contributed by atoms with van der Waals surface area (Å²) >= 11 is 0. The van der Waals surface area contributed by atoms with E-state index in [1.54, 1.807) is 0 Å². The normalized spacial score (nSPS) is 18.1. The Morgan fingerprint density at radius 3 is 2.32 bits per heavy atom. The van der Waals surface area contributed by atoms with Crippen LogP contribution in [0.4, 0.5) is 0 Å². The van der Waals surface area contributed by atoms with Crippen molar-refractivity contribution in [2.75, 3.05) is 32.6 Å². The zero-order chi connectivity index (χ0) is 19.9. The summed E-state index contributed by atoms with van der Waals surface area (Å²) in [5.74, 6) is 0.638. The Balaban J connectivity index is 0.00000392. The molecule has 1 aromatic carbocycles. The molecule has 1 aromatic rings. The number of halogens is 1. The molecule has 1 aliphatic rings. The molecule has 6 nitrogen and oxygen atoms in total. The molecule has 0 saturated carbocycles. The van der Waals surface area contributed by atoms with Gasteiger partial charge in [0.15, 0.2) is 15.8 Å². The number of sulfone groups is 1. The number of rotatable bonds is 7. The van der Waals surface area contributed by atoms with Gasteiger partial charge in [-0.1, -0.05) is 31.2 Å². The van der Waals surface area contributed by atoms with Gasteiger partial charge < -0.3 is 15.4 Å². The van der Waals surface area contributed by atoms with Crippen LogP contribution in [0.5, 0.6) is 0 Å². The average molecular weight is 523 g/mol. The third-order valence-corrected chi connectivity index (χ3v) is 7.41. The van der Waals surface area contributed by atoms with Gasteiger partial charge in [0.2, 0.25) is 0 Å². The van der Waals surface area contributed by atoms with E-state index in [4.69, 9.17) is 4.74 Å². The van der Waals surface area contributed by atoms with E-state index in [0.29, 0.717) is 38.6 Å². The van der Waals surface area contributed by atoms with Crippen LogP contribution in [-0.4, -0.2) is 51.7 Å². The van der Waals surface area contributed by atoms with Gasteiger partial charge in [0, 0.05) is 26.0 Å². The Morgan fingerprint density at radius 2 is 1.82 bits per heavy atom.